The Balaban J connectivity index is 0.00000128. The molecule has 1 aromatic rings. The zero-order chi connectivity index (χ0) is 10.5. The van der Waals surface area contributed by atoms with E-state index in [1.165, 1.54) is 5.56 Å². The summed E-state index contributed by atoms with van der Waals surface area (Å²) in [5.41, 5.74) is 1.28. The average Bonchev–Trinajstić information content (AvgIpc) is 2.80. The van der Waals surface area contributed by atoms with Crippen LogP contribution in [-0.4, -0.2) is 37.0 Å². The minimum absolute atomic E-state index is 0. The van der Waals surface area contributed by atoms with Crippen LogP contribution in [-0.2, 0) is 11.2 Å². The van der Waals surface area contributed by atoms with Gasteiger partial charge in [0, 0.05) is 32.6 Å². The Morgan fingerprint density at radius 2 is 2.19 bits per heavy atom. The normalized spacial score (nSPS) is 15.6. The molecule has 0 radical (unpaired) electrons. The number of thiophene rings is 1. The second-order valence-electron chi connectivity index (χ2n) is 3.76. The van der Waals surface area contributed by atoms with Gasteiger partial charge in [0.25, 0.3) is 0 Å². The molecule has 1 aromatic heterocycles. The predicted molar refractivity (Wildman–Crippen MR) is 69.3 cm³/mol. The highest BCUT2D eigenvalue weighted by atomic mass is 35.5. The molecule has 1 N–H and O–H groups in total. The zero-order valence-electron chi connectivity index (χ0n) is 9.15. The number of hydrogen-bond acceptors (Lipinski definition) is 3. The molecule has 2 rings (SSSR count). The Morgan fingerprint density at radius 1 is 1.44 bits per heavy atom. The maximum absolute atomic E-state index is 11.8. The lowest BCUT2D eigenvalue weighted by molar-refractivity contribution is -0.131. The van der Waals surface area contributed by atoms with Gasteiger partial charge in [-0.25, -0.2) is 0 Å². The van der Waals surface area contributed by atoms with Crippen LogP contribution >= 0.6 is 23.7 Å². The maximum atomic E-state index is 11.8. The fourth-order valence-corrected chi connectivity index (χ4v) is 2.46. The van der Waals surface area contributed by atoms with E-state index in [2.05, 4.69) is 22.1 Å². The SMILES string of the molecule is Cl.O=C(CCc1ccsc1)N1CCNCC1. The van der Waals surface area contributed by atoms with Gasteiger partial charge in [0.15, 0.2) is 0 Å². The smallest absolute Gasteiger partial charge is 0.222 e. The lowest BCUT2D eigenvalue weighted by Gasteiger charge is -2.27. The highest BCUT2D eigenvalue weighted by Crippen LogP contribution is 2.09. The first-order valence-electron chi connectivity index (χ1n) is 5.36. The van der Waals surface area contributed by atoms with Crippen LogP contribution in [0.25, 0.3) is 0 Å². The molecular formula is C11H17ClN2OS. The zero-order valence-corrected chi connectivity index (χ0v) is 10.8. The van der Waals surface area contributed by atoms with Gasteiger partial charge in [0.2, 0.25) is 5.91 Å². The molecule has 2 heterocycles. The molecule has 0 atom stereocenters. The summed E-state index contributed by atoms with van der Waals surface area (Å²) in [5, 5.41) is 7.42. The number of carbonyl (C=O) groups is 1. The monoisotopic (exact) mass is 260 g/mol. The van der Waals surface area contributed by atoms with Gasteiger partial charge in [0.1, 0.15) is 0 Å². The first-order chi connectivity index (χ1) is 7.36. The molecule has 90 valence electrons. The van der Waals surface area contributed by atoms with Crippen molar-refractivity contribution in [3.8, 4) is 0 Å². The van der Waals surface area contributed by atoms with E-state index >= 15 is 0 Å². The van der Waals surface area contributed by atoms with Crippen molar-refractivity contribution >= 4 is 29.7 Å². The number of nitrogens with zero attached hydrogens (tertiary/aromatic N) is 1. The van der Waals surface area contributed by atoms with E-state index in [0.29, 0.717) is 12.3 Å². The Kier molecular flexibility index (Phi) is 5.80. The van der Waals surface area contributed by atoms with E-state index in [-0.39, 0.29) is 12.4 Å². The number of rotatable bonds is 3. The lowest BCUT2D eigenvalue weighted by Crippen LogP contribution is -2.46. The minimum Gasteiger partial charge on any atom is -0.340 e. The van der Waals surface area contributed by atoms with E-state index in [9.17, 15) is 4.79 Å². The van der Waals surface area contributed by atoms with Gasteiger partial charge in [-0.1, -0.05) is 0 Å². The van der Waals surface area contributed by atoms with Gasteiger partial charge in [-0.2, -0.15) is 11.3 Å². The molecule has 0 aliphatic carbocycles. The molecular weight excluding hydrogens is 244 g/mol. The second kappa shape index (κ2) is 6.89. The van der Waals surface area contributed by atoms with Crippen molar-refractivity contribution < 1.29 is 4.79 Å². The number of carbonyl (C=O) groups excluding carboxylic acids is 1. The van der Waals surface area contributed by atoms with Gasteiger partial charge in [-0.05, 0) is 28.8 Å². The summed E-state index contributed by atoms with van der Waals surface area (Å²) in [6, 6.07) is 2.09. The first-order valence-corrected chi connectivity index (χ1v) is 6.30. The number of aryl methyl sites for hydroxylation is 1. The number of amides is 1. The van der Waals surface area contributed by atoms with Crippen molar-refractivity contribution in [3.63, 3.8) is 0 Å². The fourth-order valence-electron chi connectivity index (χ4n) is 1.76. The van der Waals surface area contributed by atoms with Crippen LogP contribution in [0.1, 0.15) is 12.0 Å². The van der Waals surface area contributed by atoms with Crippen LogP contribution in [0.15, 0.2) is 16.8 Å². The molecule has 16 heavy (non-hydrogen) atoms. The Bertz CT molecular complexity index is 310. The van der Waals surface area contributed by atoms with Gasteiger partial charge < -0.3 is 10.2 Å². The van der Waals surface area contributed by atoms with E-state index in [1.54, 1.807) is 11.3 Å². The van der Waals surface area contributed by atoms with Crippen molar-refractivity contribution in [1.29, 1.82) is 0 Å². The molecule has 0 bridgehead atoms. The maximum Gasteiger partial charge on any atom is 0.222 e. The standard InChI is InChI=1S/C11H16N2OS.ClH/c14-11(13-6-4-12-5-7-13)2-1-10-3-8-15-9-10;/h3,8-9,12H,1-2,4-7H2;1H. The van der Waals surface area contributed by atoms with Crippen molar-refractivity contribution in [2.45, 2.75) is 12.8 Å². The minimum atomic E-state index is 0. The van der Waals surface area contributed by atoms with Gasteiger partial charge >= 0.3 is 0 Å². The number of halogens is 1. The fraction of sp³-hybridized carbons (Fsp3) is 0.545. The molecule has 1 aliphatic rings. The quantitative estimate of drug-likeness (QED) is 0.894. The molecule has 1 aliphatic heterocycles. The molecule has 3 nitrogen and oxygen atoms in total. The van der Waals surface area contributed by atoms with Crippen molar-refractivity contribution in [3.05, 3.63) is 22.4 Å². The highest BCUT2D eigenvalue weighted by molar-refractivity contribution is 7.07. The van der Waals surface area contributed by atoms with Crippen molar-refractivity contribution in [1.82, 2.24) is 10.2 Å². The summed E-state index contributed by atoms with van der Waals surface area (Å²) in [5.74, 6) is 0.294. The van der Waals surface area contributed by atoms with Gasteiger partial charge in [0.05, 0.1) is 0 Å². The molecule has 0 unspecified atom stereocenters. The van der Waals surface area contributed by atoms with Crippen LogP contribution in [0.5, 0.6) is 0 Å². The lowest BCUT2D eigenvalue weighted by atomic mass is 10.1. The van der Waals surface area contributed by atoms with E-state index in [0.717, 1.165) is 32.6 Å². The summed E-state index contributed by atoms with van der Waals surface area (Å²) in [7, 11) is 0. The number of hydrogen-bond donors (Lipinski definition) is 1. The molecule has 5 heteroatoms. The molecule has 1 fully saturated rings. The topological polar surface area (TPSA) is 32.3 Å². The Morgan fingerprint density at radius 3 is 2.81 bits per heavy atom. The van der Waals surface area contributed by atoms with Crippen molar-refractivity contribution in [2.24, 2.45) is 0 Å². The molecule has 0 aromatic carbocycles. The van der Waals surface area contributed by atoms with Crippen LogP contribution in [0.4, 0.5) is 0 Å². The average molecular weight is 261 g/mol. The van der Waals surface area contributed by atoms with E-state index in [4.69, 9.17) is 0 Å². The summed E-state index contributed by atoms with van der Waals surface area (Å²) in [4.78, 5) is 13.8. The van der Waals surface area contributed by atoms with Gasteiger partial charge in [-0.15, -0.1) is 12.4 Å². The number of nitrogens with one attached hydrogen (secondary N) is 1. The third kappa shape index (κ3) is 3.77. The number of piperazine rings is 1. The summed E-state index contributed by atoms with van der Waals surface area (Å²) < 4.78 is 0. The van der Waals surface area contributed by atoms with Crippen LogP contribution in [0.3, 0.4) is 0 Å². The summed E-state index contributed by atoms with van der Waals surface area (Å²) >= 11 is 1.69. The van der Waals surface area contributed by atoms with Gasteiger partial charge in [-0.3, -0.25) is 4.79 Å². The molecule has 0 spiro atoms. The molecule has 1 amide bonds. The molecule has 1 saturated heterocycles. The summed E-state index contributed by atoms with van der Waals surface area (Å²) in [6.45, 7) is 3.60. The Hall–Kier alpha value is -0.580. The third-order valence-electron chi connectivity index (χ3n) is 2.68. The third-order valence-corrected chi connectivity index (χ3v) is 3.41. The highest BCUT2D eigenvalue weighted by Gasteiger charge is 2.15. The second-order valence-corrected chi connectivity index (χ2v) is 4.54. The first kappa shape index (κ1) is 13.5. The Labute approximate surface area is 106 Å². The molecule has 0 saturated carbocycles. The van der Waals surface area contributed by atoms with E-state index < -0.39 is 0 Å². The largest absolute Gasteiger partial charge is 0.340 e. The van der Waals surface area contributed by atoms with E-state index in [1.807, 2.05) is 4.90 Å². The predicted octanol–water partition coefficient (Wildman–Crippen LogP) is 1.53. The van der Waals surface area contributed by atoms with Crippen molar-refractivity contribution in [2.75, 3.05) is 26.2 Å². The van der Waals surface area contributed by atoms with Crippen LogP contribution in [0, 0.1) is 0 Å². The van der Waals surface area contributed by atoms with Crippen LogP contribution < -0.4 is 5.32 Å². The summed E-state index contributed by atoms with van der Waals surface area (Å²) in [6.07, 6.45) is 1.53. The van der Waals surface area contributed by atoms with Crippen LogP contribution in [0.2, 0.25) is 0 Å².